The van der Waals surface area contributed by atoms with Gasteiger partial charge in [0.1, 0.15) is 23.9 Å². The Morgan fingerprint density at radius 1 is 1.22 bits per heavy atom. The van der Waals surface area contributed by atoms with E-state index in [-0.39, 0.29) is 18.8 Å². The lowest BCUT2D eigenvalue weighted by Gasteiger charge is -2.31. The van der Waals surface area contributed by atoms with Crippen molar-refractivity contribution in [3.63, 3.8) is 0 Å². The van der Waals surface area contributed by atoms with Gasteiger partial charge < -0.3 is 25.4 Å². The maximum absolute atomic E-state index is 13.2. The average Bonchev–Trinajstić information content (AvgIpc) is 2.70. The summed E-state index contributed by atoms with van der Waals surface area (Å²) in [4.78, 5) is 39.5. The summed E-state index contributed by atoms with van der Waals surface area (Å²) in [7, 11) is 0. The van der Waals surface area contributed by atoms with Crippen molar-refractivity contribution in [2.75, 3.05) is 19.6 Å². The van der Waals surface area contributed by atoms with Gasteiger partial charge in [0, 0.05) is 18.7 Å². The maximum Gasteiger partial charge on any atom is 0.408 e. The fourth-order valence-corrected chi connectivity index (χ4v) is 3.09. The second-order valence-corrected chi connectivity index (χ2v) is 8.60. The molecule has 8 heteroatoms. The van der Waals surface area contributed by atoms with Crippen molar-refractivity contribution in [2.45, 2.75) is 65.5 Å². The molecule has 3 N–H and O–H groups in total. The van der Waals surface area contributed by atoms with E-state index in [4.69, 9.17) is 4.74 Å². The fraction of sp³-hybridized carbons (Fsp3) is 0.542. The molecule has 8 nitrogen and oxygen atoms in total. The number of phenols is 1. The molecule has 0 saturated carbocycles. The molecule has 1 atom stereocenters. The zero-order valence-corrected chi connectivity index (χ0v) is 19.9. The Bertz CT molecular complexity index is 801. The van der Waals surface area contributed by atoms with E-state index in [1.807, 2.05) is 0 Å². The lowest BCUT2D eigenvalue weighted by Crippen LogP contribution is -2.48. The summed E-state index contributed by atoms with van der Waals surface area (Å²) in [5.41, 5.74) is 0.192. The van der Waals surface area contributed by atoms with Gasteiger partial charge in [-0.05, 0) is 39.7 Å². The quantitative estimate of drug-likeness (QED) is 0.355. The normalized spacial score (nSPS) is 11.9. The van der Waals surface area contributed by atoms with E-state index >= 15 is 0 Å². The largest absolute Gasteiger partial charge is 0.507 e. The number of ether oxygens (including phenoxy) is 1. The Kier molecular flexibility index (Phi) is 10.7. The summed E-state index contributed by atoms with van der Waals surface area (Å²) >= 11 is 0. The third-order valence-electron chi connectivity index (χ3n) is 4.63. The molecule has 1 aromatic carbocycles. The van der Waals surface area contributed by atoms with Crippen LogP contribution < -0.4 is 10.6 Å². The first-order chi connectivity index (χ1) is 15.0. The number of hydrogen-bond acceptors (Lipinski definition) is 5. The van der Waals surface area contributed by atoms with Gasteiger partial charge in [0.25, 0.3) is 0 Å². The number of nitrogens with zero attached hydrogens (tertiary/aromatic N) is 1. The minimum Gasteiger partial charge on any atom is -0.507 e. The minimum atomic E-state index is -1.08. The Balaban J connectivity index is 3.16. The van der Waals surface area contributed by atoms with Gasteiger partial charge in [-0.15, -0.1) is 6.58 Å². The number of aromatic hydroxyl groups is 1. The Labute approximate surface area is 191 Å². The summed E-state index contributed by atoms with van der Waals surface area (Å²) in [6, 6.07) is 3.97. The number of amides is 3. The molecule has 0 spiro atoms. The number of rotatable bonds is 11. The molecule has 0 radical (unpaired) electrons. The van der Waals surface area contributed by atoms with Crippen LogP contribution in [0.15, 0.2) is 30.9 Å². The number of nitrogens with one attached hydrogen (secondary N) is 2. The lowest BCUT2D eigenvalue weighted by atomic mass is 10.00. The van der Waals surface area contributed by atoms with E-state index in [9.17, 15) is 19.5 Å². The predicted octanol–water partition coefficient (Wildman–Crippen LogP) is 3.59. The van der Waals surface area contributed by atoms with Gasteiger partial charge in [-0.3, -0.25) is 9.59 Å². The topological polar surface area (TPSA) is 108 Å². The van der Waals surface area contributed by atoms with Crippen LogP contribution in [0.5, 0.6) is 5.75 Å². The van der Waals surface area contributed by atoms with Crippen LogP contribution in [-0.2, 0) is 14.3 Å². The number of aryl methyl sites for hydroxylation is 1. The molecular formula is C24H37N3O5. The van der Waals surface area contributed by atoms with Gasteiger partial charge in [0.05, 0.1) is 0 Å². The second-order valence-electron chi connectivity index (χ2n) is 8.60. The molecular weight excluding hydrogens is 410 g/mol. The smallest absolute Gasteiger partial charge is 0.408 e. The first-order valence-corrected chi connectivity index (χ1v) is 10.9. The molecule has 1 unspecified atom stereocenters. The highest BCUT2D eigenvalue weighted by Gasteiger charge is 2.33. The number of alkyl carbamates (subject to hydrolysis) is 1. The molecule has 1 aromatic rings. The maximum atomic E-state index is 13.2. The molecule has 0 fully saturated rings. The number of carbonyl (C=O) groups excluding carboxylic acids is 3. The van der Waals surface area contributed by atoms with E-state index < -0.39 is 29.6 Å². The van der Waals surface area contributed by atoms with Crippen LogP contribution in [0.25, 0.3) is 0 Å². The van der Waals surface area contributed by atoms with Crippen molar-refractivity contribution in [1.82, 2.24) is 15.5 Å². The van der Waals surface area contributed by atoms with Crippen LogP contribution in [0.4, 0.5) is 4.79 Å². The van der Waals surface area contributed by atoms with Crippen molar-refractivity contribution >= 4 is 17.9 Å². The number of unbranched alkanes of at least 4 members (excludes halogenated alkanes) is 2. The SMILES string of the molecule is C=CCN(C(=O)CNC(=O)OC(C)(C)C)C(C(=O)NCCCCC)c1cccc(C)c1O. The molecule has 3 amide bonds. The van der Waals surface area contributed by atoms with Gasteiger partial charge in [-0.25, -0.2) is 4.79 Å². The van der Waals surface area contributed by atoms with Crippen LogP contribution in [0, 0.1) is 6.92 Å². The van der Waals surface area contributed by atoms with E-state index in [2.05, 4.69) is 24.1 Å². The molecule has 0 heterocycles. The Hall–Kier alpha value is -3.03. The van der Waals surface area contributed by atoms with Crippen molar-refractivity contribution in [1.29, 1.82) is 0 Å². The van der Waals surface area contributed by atoms with Crippen LogP contribution in [0.1, 0.15) is 64.1 Å². The van der Waals surface area contributed by atoms with Crippen molar-refractivity contribution in [2.24, 2.45) is 0 Å². The third kappa shape index (κ3) is 8.61. The Morgan fingerprint density at radius 3 is 2.50 bits per heavy atom. The van der Waals surface area contributed by atoms with Gasteiger partial charge in [-0.1, -0.05) is 44.0 Å². The Morgan fingerprint density at radius 2 is 1.91 bits per heavy atom. The molecule has 32 heavy (non-hydrogen) atoms. The van der Waals surface area contributed by atoms with Gasteiger partial charge in [0.2, 0.25) is 11.8 Å². The van der Waals surface area contributed by atoms with Crippen molar-refractivity contribution in [3.8, 4) is 5.75 Å². The second kappa shape index (κ2) is 12.7. The van der Waals surface area contributed by atoms with E-state index in [1.54, 1.807) is 45.9 Å². The van der Waals surface area contributed by atoms with Crippen LogP contribution in [-0.4, -0.2) is 53.1 Å². The minimum absolute atomic E-state index is 0.0509. The number of carbonyl (C=O) groups is 3. The summed E-state index contributed by atoms with van der Waals surface area (Å²) in [5.74, 6) is -0.969. The highest BCUT2D eigenvalue weighted by molar-refractivity contribution is 5.91. The summed E-state index contributed by atoms with van der Waals surface area (Å²) < 4.78 is 5.17. The summed E-state index contributed by atoms with van der Waals surface area (Å²) in [5, 5.41) is 15.9. The van der Waals surface area contributed by atoms with Gasteiger partial charge >= 0.3 is 6.09 Å². The van der Waals surface area contributed by atoms with Crippen LogP contribution in [0.3, 0.4) is 0 Å². The number of para-hydroxylation sites is 1. The average molecular weight is 448 g/mol. The fourth-order valence-electron chi connectivity index (χ4n) is 3.09. The van der Waals surface area contributed by atoms with Crippen LogP contribution >= 0.6 is 0 Å². The highest BCUT2D eigenvalue weighted by Crippen LogP contribution is 2.31. The van der Waals surface area contributed by atoms with E-state index in [1.165, 1.54) is 11.0 Å². The molecule has 0 saturated heterocycles. The number of benzene rings is 1. The van der Waals surface area contributed by atoms with Gasteiger partial charge in [-0.2, -0.15) is 0 Å². The van der Waals surface area contributed by atoms with Crippen molar-refractivity contribution in [3.05, 3.63) is 42.0 Å². The molecule has 1 rings (SSSR count). The zero-order valence-electron chi connectivity index (χ0n) is 19.9. The number of hydrogen-bond donors (Lipinski definition) is 3. The molecule has 0 aliphatic carbocycles. The molecule has 0 aliphatic rings. The van der Waals surface area contributed by atoms with Crippen LogP contribution in [0.2, 0.25) is 0 Å². The monoisotopic (exact) mass is 447 g/mol. The molecule has 0 aliphatic heterocycles. The van der Waals surface area contributed by atoms with Gasteiger partial charge in [0.15, 0.2) is 0 Å². The number of phenolic OH excluding ortho intramolecular Hbond substituents is 1. The summed E-state index contributed by atoms with van der Waals surface area (Å²) in [6.45, 7) is 12.8. The zero-order chi connectivity index (χ0) is 24.3. The standard InChI is InChI=1S/C24H37N3O5/c1-7-9-10-14-25-22(30)20(18-13-11-12-17(3)21(18)29)27(15-8-2)19(28)16-26-23(31)32-24(4,5)6/h8,11-13,20,29H,2,7,9-10,14-16H2,1,3-6H3,(H,25,30)(H,26,31). The molecule has 178 valence electrons. The van der Waals surface area contributed by atoms with E-state index in [0.717, 1.165) is 19.3 Å². The first kappa shape index (κ1) is 27.0. The highest BCUT2D eigenvalue weighted by atomic mass is 16.6. The molecule has 0 aromatic heterocycles. The summed E-state index contributed by atoms with van der Waals surface area (Å²) in [6.07, 6.45) is 3.55. The first-order valence-electron chi connectivity index (χ1n) is 10.9. The van der Waals surface area contributed by atoms with Crippen molar-refractivity contribution < 1.29 is 24.2 Å². The molecule has 0 bridgehead atoms. The van der Waals surface area contributed by atoms with E-state index in [0.29, 0.717) is 17.7 Å². The lowest BCUT2D eigenvalue weighted by molar-refractivity contribution is -0.139. The predicted molar refractivity (Wildman–Crippen MR) is 124 cm³/mol. The third-order valence-corrected chi connectivity index (χ3v) is 4.63.